The molecule has 1 aliphatic heterocycles. The zero-order chi connectivity index (χ0) is 13.2. The molecule has 1 aliphatic rings. The van der Waals surface area contributed by atoms with Crippen molar-refractivity contribution >= 4 is 28.4 Å². The molecule has 0 spiro atoms. The molecule has 0 radical (unpaired) electrons. The van der Waals surface area contributed by atoms with Crippen molar-refractivity contribution < 1.29 is 13.2 Å². The third-order valence-corrected chi connectivity index (χ3v) is 5.66. The second-order valence-electron chi connectivity index (χ2n) is 4.39. The van der Waals surface area contributed by atoms with Gasteiger partial charge in [-0.15, -0.1) is 12.6 Å². The molecule has 0 aromatic heterocycles. The fraction of sp³-hybridized carbons (Fsp3) is 0.417. The number of hydrogen-bond acceptors (Lipinski definition) is 4. The Hall–Kier alpha value is -1.01. The van der Waals surface area contributed by atoms with E-state index in [0.717, 1.165) is 4.90 Å². The molecule has 0 saturated carbocycles. The molecule has 0 aliphatic carbocycles. The zero-order valence-electron chi connectivity index (χ0n) is 9.80. The van der Waals surface area contributed by atoms with Crippen molar-refractivity contribution in [3.05, 3.63) is 29.8 Å². The maximum absolute atomic E-state index is 11.8. The molecule has 1 N–H and O–H groups in total. The van der Waals surface area contributed by atoms with Crippen molar-refractivity contribution in [2.45, 2.75) is 23.0 Å². The second-order valence-corrected chi connectivity index (χ2v) is 7.31. The third kappa shape index (κ3) is 3.05. The van der Waals surface area contributed by atoms with Crippen LogP contribution in [0, 0.1) is 0 Å². The Morgan fingerprint density at radius 2 is 2.00 bits per heavy atom. The molecule has 6 heteroatoms. The molecule has 1 amide bonds. The molecule has 1 unspecified atom stereocenters. The molecule has 1 saturated heterocycles. The maximum atomic E-state index is 11.8. The van der Waals surface area contributed by atoms with Crippen molar-refractivity contribution in [1.29, 1.82) is 0 Å². The lowest BCUT2D eigenvalue weighted by Crippen LogP contribution is -2.34. The fourth-order valence-corrected chi connectivity index (χ4v) is 3.92. The number of nitrogens with one attached hydrogen (secondary N) is 1. The average molecular weight is 285 g/mol. The van der Waals surface area contributed by atoms with E-state index in [0.29, 0.717) is 18.4 Å². The second kappa shape index (κ2) is 5.32. The van der Waals surface area contributed by atoms with Crippen LogP contribution in [0.4, 0.5) is 0 Å². The van der Waals surface area contributed by atoms with E-state index in [-0.39, 0.29) is 18.2 Å². The Balaban J connectivity index is 1.95. The largest absolute Gasteiger partial charge is 0.351 e. The van der Waals surface area contributed by atoms with Gasteiger partial charge in [0.05, 0.1) is 11.0 Å². The third-order valence-electron chi connectivity index (χ3n) is 3.08. The lowest BCUT2D eigenvalue weighted by atomic mass is 10.2. The minimum Gasteiger partial charge on any atom is -0.351 e. The van der Waals surface area contributed by atoms with Crippen molar-refractivity contribution in [1.82, 2.24) is 5.32 Å². The van der Waals surface area contributed by atoms with Gasteiger partial charge in [0, 0.05) is 17.0 Å². The van der Waals surface area contributed by atoms with Gasteiger partial charge in [0.2, 0.25) is 0 Å². The molecule has 1 aromatic carbocycles. The van der Waals surface area contributed by atoms with Crippen LogP contribution in [0.3, 0.4) is 0 Å². The van der Waals surface area contributed by atoms with E-state index in [1.54, 1.807) is 24.3 Å². The topological polar surface area (TPSA) is 63.2 Å². The summed E-state index contributed by atoms with van der Waals surface area (Å²) in [7, 11) is -3.00. The summed E-state index contributed by atoms with van der Waals surface area (Å²) >= 11 is 4.14. The number of amides is 1. The summed E-state index contributed by atoms with van der Waals surface area (Å²) < 4.78 is 23.2. The first kappa shape index (κ1) is 13.4. The highest BCUT2D eigenvalue weighted by molar-refractivity contribution is 7.92. The Labute approximate surface area is 112 Å². The van der Waals surface area contributed by atoms with Crippen molar-refractivity contribution in [3.8, 4) is 0 Å². The van der Waals surface area contributed by atoms with Gasteiger partial charge in [0.15, 0.2) is 9.84 Å². The maximum Gasteiger partial charge on any atom is 0.251 e. The highest BCUT2D eigenvalue weighted by Gasteiger charge is 2.31. The monoisotopic (exact) mass is 285 g/mol. The normalized spacial score (nSPS) is 21.7. The highest BCUT2D eigenvalue weighted by Crippen LogP contribution is 2.19. The molecule has 2 rings (SSSR count). The molecule has 1 atom stereocenters. The molecule has 4 nitrogen and oxygen atoms in total. The Bertz CT molecular complexity index is 537. The molecule has 18 heavy (non-hydrogen) atoms. The van der Waals surface area contributed by atoms with Gasteiger partial charge in [-0.1, -0.05) is 0 Å². The van der Waals surface area contributed by atoms with Crippen LogP contribution in [0.25, 0.3) is 0 Å². The number of carbonyl (C=O) groups is 1. The molecular formula is C12H15NO3S2. The van der Waals surface area contributed by atoms with E-state index in [9.17, 15) is 13.2 Å². The van der Waals surface area contributed by atoms with Gasteiger partial charge in [-0.3, -0.25) is 4.79 Å². The number of hydrogen-bond donors (Lipinski definition) is 2. The first-order valence-electron chi connectivity index (χ1n) is 5.78. The van der Waals surface area contributed by atoms with Crippen LogP contribution in [0.1, 0.15) is 23.2 Å². The van der Waals surface area contributed by atoms with Gasteiger partial charge < -0.3 is 5.32 Å². The van der Waals surface area contributed by atoms with Crippen LogP contribution in [0.15, 0.2) is 29.2 Å². The smallest absolute Gasteiger partial charge is 0.251 e. The van der Waals surface area contributed by atoms with E-state index in [1.807, 2.05) is 0 Å². The zero-order valence-corrected chi connectivity index (χ0v) is 11.5. The number of rotatable bonds is 3. The van der Waals surface area contributed by atoms with E-state index in [1.165, 1.54) is 0 Å². The van der Waals surface area contributed by atoms with E-state index < -0.39 is 15.1 Å². The van der Waals surface area contributed by atoms with Crippen LogP contribution in [-0.2, 0) is 9.84 Å². The van der Waals surface area contributed by atoms with Crippen LogP contribution in [0.5, 0.6) is 0 Å². The average Bonchev–Trinajstić information content (AvgIpc) is 2.66. The predicted octanol–water partition coefficient (Wildman–Crippen LogP) is 1.28. The summed E-state index contributed by atoms with van der Waals surface area (Å²) in [6.45, 7) is 0.198. The van der Waals surface area contributed by atoms with E-state index >= 15 is 0 Å². The molecule has 1 heterocycles. The summed E-state index contributed by atoms with van der Waals surface area (Å²) in [6.07, 6.45) is 1.33. The summed E-state index contributed by atoms with van der Waals surface area (Å²) in [5.41, 5.74) is 0.517. The fourth-order valence-electron chi connectivity index (χ4n) is 2.01. The van der Waals surface area contributed by atoms with Crippen LogP contribution < -0.4 is 5.32 Å². The standard InChI is InChI=1S/C12H15NO3S2/c14-12(9-3-5-10(17)6-4-9)13-8-11-2-1-7-18(11,15)16/h3-6,11,17H,1-2,7-8H2,(H,13,14). The lowest BCUT2D eigenvalue weighted by Gasteiger charge is -2.10. The van der Waals surface area contributed by atoms with Gasteiger partial charge in [-0.2, -0.15) is 0 Å². The minimum absolute atomic E-state index is 0.198. The number of sulfone groups is 1. The molecule has 98 valence electrons. The highest BCUT2D eigenvalue weighted by atomic mass is 32.2. The van der Waals surface area contributed by atoms with Gasteiger partial charge in [-0.25, -0.2) is 8.42 Å². The van der Waals surface area contributed by atoms with Gasteiger partial charge in [0.25, 0.3) is 5.91 Å². The number of thiol groups is 1. The van der Waals surface area contributed by atoms with Gasteiger partial charge in [-0.05, 0) is 37.1 Å². The first-order chi connectivity index (χ1) is 8.49. The first-order valence-corrected chi connectivity index (χ1v) is 7.94. The van der Waals surface area contributed by atoms with Crippen LogP contribution in [0.2, 0.25) is 0 Å². The predicted molar refractivity (Wildman–Crippen MR) is 72.8 cm³/mol. The van der Waals surface area contributed by atoms with Gasteiger partial charge >= 0.3 is 0 Å². The van der Waals surface area contributed by atoms with Crippen LogP contribution >= 0.6 is 12.6 Å². The molecule has 1 fully saturated rings. The Morgan fingerprint density at radius 1 is 1.33 bits per heavy atom. The molecular weight excluding hydrogens is 270 g/mol. The Morgan fingerprint density at radius 3 is 2.56 bits per heavy atom. The molecule has 0 bridgehead atoms. The van der Waals surface area contributed by atoms with E-state index in [2.05, 4.69) is 17.9 Å². The minimum atomic E-state index is -3.00. The SMILES string of the molecule is O=C(NCC1CCCS1(=O)=O)c1ccc(S)cc1. The quantitative estimate of drug-likeness (QED) is 0.822. The van der Waals surface area contributed by atoms with E-state index in [4.69, 9.17) is 0 Å². The molecule has 1 aromatic rings. The van der Waals surface area contributed by atoms with Crippen molar-refractivity contribution in [2.75, 3.05) is 12.3 Å². The summed E-state index contributed by atoms with van der Waals surface area (Å²) in [4.78, 5) is 12.6. The van der Waals surface area contributed by atoms with Crippen molar-refractivity contribution in [3.63, 3.8) is 0 Å². The lowest BCUT2D eigenvalue weighted by molar-refractivity contribution is 0.0953. The van der Waals surface area contributed by atoms with Gasteiger partial charge in [0.1, 0.15) is 0 Å². The number of carbonyl (C=O) groups excluding carboxylic acids is 1. The van der Waals surface area contributed by atoms with Crippen molar-refractivity contribution in [2.24, 2.45) is 0 Å². The number of benzene rings is 1. The summed E-state index contributed by atoms with van der Waals surface area (Å²) in [6, 6.07) is 6.79. The summed E-state index contributed by atoms with van der Waals surface area (Å²) in [5.74, 6) is -0.00699. The van der Waals surface area contributed by atoms with Crippen LogP contribution in [-0.4, -0.2) is 31.9 Å². The summed E-state index contributed by atoms with van der Waals surface area (Å²) in [5, 5.41) is 2.25. The Kier molecular flexibility index (Phi) is 3.97.